The predicted octanol–water partition coefficient (Wildman–Crippen LogP) is 5.15. The molecule has 0 aliphatic rings. The van der Waals surface area contributed by atoms with Crippen LogP contribution in [0.3, 0.4) is 0 Å². The first-order chi connectivity index (χ1) is 14.2. The quantitative estimate of drug-likeness (QED) is 0.453. The van der Waals surface area contributed by atoms with Gasteiger partial charge in [0.1, 0.15) is 24.2 Å². The third kappa shape index (κ3) is 6.83. The van der Waals surface area contributed by atoms with Gasteiger partial charge >= 0.3 is 5.97 Å². The van der Waals surface area contributed by atoms with Crippen LogP contribution in [-0.4, -0.2) is 22.8 Å². The van der Waals surface area contributed by atoms with Gasteiger partial charge < -0.3 is 20.1 Å². The van der Waals surface area contributed by atoms with Gasteiger partial charge in [0.15, 0.2) is 0 Å². The van der Waals surface area contributed by atoms with Crippen molar-refractivity contribution in [2.24, 2.45) is 0 Å². The van der Waals surface area contributed by atoms with Crippen LogP contribution in [0.15, 0.2) is 83.8 Å². The SMILES string of the molecule is CSc1ccc(OCc2ccccc2)cc1O[C@@H](CCC(=O)O)c1ccccc1.O. The van der Waals surface area contributed by atoms with E-state index in [0.29, 0.717) is 24.5 Å². The molecule has 0 bridgehead atoms. The molecule has 0 radical (unpaired) electrons. The number of aliphatic carboxylic acids is 1. The van der Waals surface area contributed by atoms with E-state index in [-0.39, 0.29) is 18.0 Å². The second-order valence-corrected chi connectivity index (χ2v) is 7.38. The Labute approximate surface area is 181 Å². The smallest absolute Gasteiger partial charge is 0.303 e. The fraction of sp³-hybridized carbons (Fsp3) is 0.208. The fourth-order valence-electron chi connectivity index (χ4n) is 2.95. The number of hydrogen-bond donors (Lipinski definition) is 1. The van der Waals surface area contributed by atoms with E-state index in [1.165, 1.54) is 0 Å². The first-order valence-electron chi connectivity index (χ1n) is 9.44. The normalized spacial score (nSPS) is 11.2. The van der Waals surface area contributed by atoms with Crippen molar-refractivity contribution in [1.29, 1.82) is 0 Å². The summed E-state index contributed by atoms with van der Waals surface area (Å²) in [5, 5.41) is 9.12. The van der Waals surface area contributed by atoms with Crippen molar-refractivity contribution in [3.8, 4) is 11.5 Å². The van der Waals surface area contributed by atoms with E-state index >= 15 is 0 Å². The van der Waals surface area contributed by atoms with Crippen LogP contribution in [0.1, 0.15) is 30.1 Å². The molecule has 6 heteroatoms. The minimum absolute atomic E-state index is 0. The minimum atomic E-state index is -0.834. The predicted molar refractivity (Wildman–Crippen MR) is 119 cm³/mol. The van der Waals surface area contributed by atoms with Gasteiger partial charge in [-0.15, -0.1) is 11.8 Å². The molecule has 3 N–H and O–H groups in total. The molecule has 0 aliphatic heterocycles. The van der Waals surface area contributed by atoms with Crippen molar-refractivity contribution < 1.29 is 24.9 Å². The zero-order valence-electron chi connectivity index (χ0n) is 16.8. The molecule has 0 heterocycles. The highest BCUT2D eigenvalue weighted by Crippen LogP contribution is 2.36. The van der Waals surface area contributed by atoms with Gasteiger partial charge in [0.25, 0.3) is 0 Å². The van der Waals surface area contributed by atoms with E-state index in [9.17, 15) is 4.79 Å². The fourth-order valence-corrected chi connectivity index (χ4v) is 3.46. The molecule has 3 rings (SSSR count). The van der Waals surface area contributed by atoms with Gasteiger partial charge in [-0.25, -0.2) is 0 Å². The summed E-state index contributed by atoms with van der Waals surface area (Å²) < 4.78 is 12.2. The standard InChI is InChI=1S/C24H24O4S.H2O/c1-29-23-14-12-20(27-17-18-8-4-2-5-9-18)16-22(23)28-21(13-15-24(25)26)19-10-6-3-7-11-19;/h2-12,14,16,21H,13,15,17H2,1H3,(H,25,26);1H2/t21-;/m0./s1. The molecule has 30 heavy (non-hydrogen) atoms. The first-order valence-corrected chi connectivity index (χ1v) is 10.7. The van der Waals surface area contributed by atoms with E-state index in [1.54, 1.807) is 11.8 Å². The Kier molecular flexibility index (Phi) is 9.25. The van der Waals surface area contributed by atoms with E-state index in [1.807, 2.05) is 85.1 Å². The van der Waals surface area contributed by atoms with Gasteiger partial charge in [0.05, 0.1) is 0 Å². The highest BCUT2D eigenvalue weighted by molar-refractivity contribution is 7.98. The zero-order valence-corrected chi connectivity index (χ0v) is 17.6. The Hall–Kier alpha value is -2.96. The number of ether oxygens (including phenoxy) is 2. The summed E-state index contributed by atoms with van der Waals surface area (Å²) in [4.78, 5) is 12.1. The molecule has 0 saturated carbocycles. The minimum Gasteiger partial charge on any atom is -0.489 e. The lowest BCUT2D eigenvalue weighted by Gasteiger charge is -2.21. The number of carboxylic acids is 1. The molecule has 5 nitrogen and oxygen atoms in total. The van der Waals surface area contributed by atoms with Crippen molar-refractivity contribution >= 4 is 17.7 Å². The van der Waals surface area contributed by atoms with Crippen LogP contribution < -0.4 is 9.47 Å². The van der Waals surface area contributed by atoms with Crippen LogP contribution in [-0.2, 0) is 11.4 Å². The Morgan fingerprint density at radius 3 is 2.30 bits per heavy atom. The average molecular weight is 427 g/mol. The van der Waals surface area contributed by atoms with Crippen molar-refractivity contribution in [1.82, 2.24) is 0 Å². The molecule has 0 fully saturated rings. The number of carbonyl (C=O) groups is 1. The van der Waals surface area contributed by atoms with Crippen LogP contribution in [0.25, 0.3) is 0 Å². The molecule has 158 valence electrons. The number of thioether (sulfide) groups is 1. The molecule has 3 aromatic rings. The average Bonchev–Trinajstić information content (AvgIpc) is 2.76. The number of rotatable bonds is 10. The Morgan fingerprint density at radius 1 is 1.00 bits per heavy atom. The highest BCUT2D eigenvalue weighted by Gasteiger charge is 2.17. The third-order valence-corrected chi connectivity index (χ3v) is 5.22. The number of hydrogen-bond acceptors (Lipinski definition) is 4. The molecule has 0 aromatic heterocycles. The highest BCUT2D eigenvalue weighted by atomic mass is 32.2. The van der Waals surface area contributed by atoms with Crippen molar-refractivity contribution in [2.45, 2.75) is 30.4 Å². The maximum Gasteiger partial charge on any atom is 0.303 e. The molecule has 0 unspecified atom stereocenters. The number of benzene rings is 3. The van der Waals surface area contributed by atoms with E-state index < -0.39 is 5.97 Å². The van der Waals surface area contributed by atoms with Gasteiger partial charge in [-0.05, 0) is 35.9 Å². The Balaban J connectivity index is 0.00000320. The maximum atomic E-state index is 11.1. The van der Waals surface area contributed by atoms with Gasteiger partial charge in [-0.1, -0.05) is 60.7 Å². The summed E-state index contributed by atoms with van der Waals surface area (Å²) in [6.45, 7) is 0.472. The molecule has 0 aliphatic carbocycles. The molecule has 3 aromatic carbocycles. The van der Waals surface area contributed by atoms with Gasteiger partial charge in [0.2, 0.25) is 0 Å². The topological polar surface area (TPSA) is 87.3 Å². The van der Waals surface area contributed by atoms with Crippen LogP contribution in [0.4, 0.5) is 0 Å². The van der Waals surface area contributed by atoms with Crippen LogP contribution in [0.2, 0.25) is 0 Å². The summed E-state index contributed by atoms with van der Waals surface area (Å²) in [6, 6.07) is 25.5. The molecule has 0 spiro atoms. The molecular weight excluding hydrogens is 400 g/mol. The van der Waals surface area contributed by atoms with Crippen molar-refractivity contribution in [3.63, 3.8) is 0 Å². The first kappa shape index (κ1) is 23.3. The van der Waals surface area contributed by atoms with E-state index in [4.69, 9.17) is 14.6 Å². The van der Waals surface area contributed by atoms with Crippen molar-refractivity contribution in [3.05, 3.63) is 90.0 Å². The van der Waals surface area contributed by atoms with Crippen LogP contribution >= 0.6 is 11.8 Å². The monoisotopic (exact) mass is 426 g/mol. The summed E-state index contributed by atoms with van der Waals surface area (Å²) in [5.74, 6) is 0.577. The second-order valence-electron chi connectivity index (χ2n) is 6.54. The summed E-state index contributed by atoms with van der Waals surface area (Å²) in [7, 11) is 0. The Morgan fingerprint density at radius 2 is 1.67 bits per heavy atom. The summed E-state index contributed by atoms with van der Waals surface area (Å²) >= 11 is 1.58. The maximum absolute atomic E-state index is 11.1. The van der Waals surface area contributed by atoms with Gasteiger partial charge in [-0.3, -0.25) is 4.79 Å². The van der Waals surface area contributed by atoms with E-state index in [2.05, 4.69) is 0 Å². The number of carboxylic acid groups (broad SMARTS) is 1. The van der Waals surface area contributed by atoms with Crippen LogP contribution in [0.5, 0.6) is 11.5 Å². The van der Waals surface area contributed by atoms with Crippen LogP contribution in [0, 0.1) is 0 Å². The Bertz CT molecular complexity index is 915. The second kappa shape index (κ2) is 11.9. The molecule has 1 atom stereocenters. The third-order valence-electron chi connectivity index (χ3n) is 4.44. The van der Waals surface area contributed by atoms with Gasteiger partial charge in [0, 0.05) is 17.4 Å². The summed E-state index contributed by atoms with van der Waals surface area (Å²) in [6.07, 6.45) is 2.07. The summed E-state index contributed by atoms with van der Waals surface area (Å²) in [5.41, 5.74) is 2.05. The largest absolute Gasteiger partial charge is 0.489 e. The zero-order chi connectivity index (χ0) is 20.5. The lowest BCUT2D eigenvalue weighted by Crippen LogP contribution is -2.11. The van der Waals surface area contributed by atoms with Crippen molar-refractivity contribution in [2.75, 3.05) is 6.26 Å². The van der Waals surface area contributed by atoms with E-state index in [0.717, 1.165) is 16.0 Å². The molecule has 0 saturated heterocycles. The molecular formula is C24H26O5S. The lowest BCUT2D eigenvalue weighted by molar-refractivity contribution is -0.137. The van der Waals surface area contributed by atoms with Gasteiger partial charge in [-0.2, -0.15) is 0 Å². The lowest BCUT2D eigenvalue weighted by atomic mass is 10.0. The molecule has 0 amide bonds.